The maximum Gasteiger partial charge on any atom is 0.100 e. The fourth-order valence-corrected chi connectivity index (χ4v) is 0.269. The van der Waals surface area contributed by atoms with Crippen LogP contribution >= 0.6 is 12.2 Å². The van der Waals surface area contributed by atoms with E-state index in [1.54, 1.807) is 7.11 Å². The van der Waals surface area contributed by atoms with Crippen LogP contribution in [0.25, 0.3) is 0 Å². The lowest BCUT2D eigenvalue weighted by Gasteiger charge is -1.98. The summed E-state index contributed by atoms with van der Waals surface area (Å²) in [7, 11) is 1.54. The van der Waals surface area contributed by atoms with Gasteiger partial charge in [-0.3, -0.25) is 10.3 Å². The molecule has 0 aliphatic rings. The Hall–Kier alpha value is -0.150. The zero-order valence-corrected chi connectivity index (χ0v) is 5.34. The van der Waals surface area contributed by atoms with Crippen LogP contribution in [0.15, 0.2) is 0 Å². The molecule has 1 N–H and O–H groups in total. The van der Waals surface area contributed by atoms with Crippen LogP contribution in [0.2, 0.25) is 0 Å². The summed E-state index contributed by atoms with van der Waals surface area (Å²) >= 11 is 4.72. The predicted molar refractivity (Wildman–Crippen MR) is 33.0 cm³/mol. The Bertz CT molecular complexity index is 64.7. The highest BCUT2D eigenvalue weighted by atomic mass is 32.1. The quantitative estimate of drug-likeness (QED) is 0.430. The van der Waals surface area contributed by atoms with Crippen LogP contribution in [0.4, 0.5) is 0 Å². The molecule has 0 aromatic heterocycles. The number of thiocarbonyl (C=S) groups is 1. The van der Waals surface area contributed by atoms with E-state index in [0.29, 0.717) is 0 Å². The van der Waals surface area contributed by atoms with E-state index >= 15 is 0 Å². The predicted octanol–water partition coefficient (Wildman–Crippen LogP) is 0.875. The highest BCUT2D eigenvalue weighted by molar-refractivity contribution is 7.80. The monoisotopic (exact) mass is 119 g/mol. The van der Waals surface area contributed by atoms with Gasteiger partial charge < -0.3 is 0 Å². The molecule has 42 valence electrons. The van der Waals surface area contributed by atoms with E-state index < -0.39 is 0 Å². The van der Waals surface area contributed by atoms with Crippen LogP contribution in [0.3, 0.4) is 0 Å². The number of nitrogens with one attached hydrogen (secondary N) is 1. The first kappa shape index (κ1) is 6.85. The van der Waals surface area contributed by atoms with Crippen LogP contribution in [0, 0.1) is 0 Å². The summed E-state index contributed by atoms with van der Waals surface area (Å²) < 4.78 is 0. The van der Waals surface area contributed by atoms with Crippen LogP contribution < -0.4 is 5.48 Å². The third kappa shape index (κ3) is 3.69. The van der Waals surface area contributed by atoms with E-state index in [-0.39, 0.29) is 0 Å². The Balaban J connectivity index is 3.00. The van der Waals surface area contributed by atoms with Crippen molar-refractivity contribution in [3.63, 3.8) is 0 Å². The first-order valence-electron chi connectivity index (χ1n) is 2.13. The van der Waals surface area contributed by atoms with Gasteiger partial charge in [-0.1, -0.05) is 19.1 Å². The van der Waals surface area contributed by atoms with Gasteiger partial charge in [0, 0.05) is 0 Å². The zero-order valence-electron chi connectivity index (χ0n) is 4.52. The fraction of sp³-hybridized carbons (Fsp3) is 0.750. The van der Waals surface area contributed by atoms with Crippen molar-refractivity contribution in [1.29, 1.82) is 0 Å². The molecular formula is C4H9NOS. The first-order chi connectivity index (χ1) is 3.31. The minimum Gasteiger partial charge on any atom is -0.279 e. The number of hydrogen-bond acceptors (Lipinski definition) is 2. The molecule has 3 heteroatoms. The lowest BCUT2D eigenvalue weighted by atomic mass is 10.5. The van der Waals surface area contributed by atoms with Crippen LogP contribution in [0.1, 0.15) is 13.3 Å². The Morgan fingerprint density at radius 1 is 1.86 bits per heavy atom. The second kappa shape index (κ2) is 4.02. The first-order valence-corrected chi connectivity index (χ1v) is 2.54. The molecule has 0 rings (SSSR count). The number of hydroxylamine groups is 1. The van der Waals surface area contributed by atoms with Crippen molar-refractivity contribution in [2.75, 3.05) is 7.11 Å². The lowest BCUT2D eigenvalue weighted by Crippen LogP contribution is -2.17. The molecule has 0 amide bonds. The molecule has 0 saturated heterocycles. The van der Waals surface area contributed by atoms with E-state index in [9.17, 15) is 0 Å². The molecule has 0 radical (unpaired) electrons. The summed E-state index contributed by atoms with van der Waals surface area (Å²) in [5.74, 6) is 0. The summed E-state index contributed by atoms with van der Waals surface area (Å²) in [6.07, 6.45) is 0.836. The van der Waals surface area contributed by atoms with Gasteiger partial charge in [-0.15, -0.1) is 0 Å². The average molecular weight is 119 g/mol. The van der Waals surface area contributed by atoms with E-state index in [0.717, 1.165) is 11.4 Å². The normalized spacial score (nSPS) is 8.29. The van der Waals surface area contributed by atoms with Crippen LogP contribution in [-0.4, -0.2) is 12.1 Å². The average Bonchev–Trinajstić information content (AvgIpc) is 1.68. The largest absolute Gasteiger partial charge is 0.279 e. The topological polar surface area (TPSA) is 21.3 Å². The molecule has 0 aliphatic heterocycles. The molecule has 0 saturated carbocycles. The van der Waals surface area contributed by atoms with E-state index in [4.69, 9.17) is 12.2 Å². The molecule has 0 aromatic rings. The molecule has 0 bridgehead atoms. The zero-order chi connectivity index (χ0) is 5.70. The second-order valence-corrected chi connectivity index (χ2v) is 1.58. The molecule has 0 atom stereocenters. The summed E-state index contributed by atoms with van der Waals surface area (Å²) in [5.41, 5.74) is 2.53. The molecular weight excluding hydrogens is 110 g/mol. The third-order valence-electron chi connectivity index (χ3n) is 0.537. The van der Waals surface area contributed by atoms with Crippen LogP contribution in [-0.2, 0) is 4.84 Å². The molecule has 2 nitrogen and oxygen atoms in total. The second-order valence-electron chi connectivity index (χ2n) is 1.08. The summed E-state index contributed by atoms with van der Waals surface area (Å²) in [6, 6.07) is 0. The molecule has 0 heterocycles. The minimum absolute atomic E-state index is 0.738. The molecule has 0 fully saturated rings. The summed E-state index contributed by atoms with van der Waals surface area (Å²) in [5, 5.41) is 0. The SMILES string of the molecule is CCC(=S)NOC. The molecule has 7 heavy (non-hydrogen) atoms. The fourth-order valence-electron chi connectivity index (χ4n) is 0.186. The van der Waals surface area contributed by atoms with E-state index in [1.165, 1.54) is 0 Å². The van der Waals surface area contributed by atoms with Gasteiger partial charge in [0.15, 0.2) is 0 Å². The number of rotatable bonds is 2. The van der Waals surface area contributed by atoms with Crippen molar-refractivity contribution in [1.82, 2.24) is 5.48 Å². The molecule has 0 unspecified atom stereocenters. The number of hydrogen-bond donors (Lipinski definition) is 1. The molecule has 0 spiro atoms. The summed E-state index contributed by atoms with van der Waals surface area (Å²) in [6.45, 7) is 1.97. The summed E-state index contributed by atoms with van der Waals surface area (Å²) in [4.78, 5) is 5.24. The highest BCUT2D eigenvalue weighted by Crippen LogP contribution is 1.76. The van der Waals surface area contributed by atoms with Gasteiger partial charge in [-0.05, 0) is 6.42 Å². The van der Waals surface area contributed by atoms with Crippen molar-refractivity contribution >= 4 is 17.2 Å². The standard InChI is InChI=1S/C4H9NOS/c1-3-4(7)5-6-2/h3H2,1-2H3,(H,5,7). The van der Waals surface area contributed by atoms with Gasteiger partial charge in [-0.25, -0.2) is 0 Å². The van der Waals surface area contributed by atoms with Crippen molar-refractivity contribution in [2.24, 2.45) is 0 Å². The van der Waals surface area contributed by atoms with Gasteiger partial charge in [-0.2, -0.15) is 0 Å². The van der Waals surface area contributed by atoms with Crippen molar-refractivity contribution < 1.29 is 4.84 Å². The smallest absolute Gasteiger partial charge is 0.100 e. The van der Waals surface area contributed by atoms with Gasteiger partial charge in [0.25, 0.3) is 0 Å². The Kier molecular flexibility index (Phi) is 3.93. The maximum atomic E-state index is 4.72. The third-order valence-corrected chi connectivity index (χ3v) is 0.909. The minimum atomic E-state index is 0.738. The van der Waals surface area contributed by atoms with Gasteiger partial charge in [0.1, 0.15) is 4.99 Å². The highest BCUT2D eigenvalue weighted by Gasteiger charge is 1.83. The van der Waals surface area contributed by atoms with Gasteiger partial charge in [0.05, 0.1) is 7.11 Å². The van der Waals surface area contributed by atoms with Crippen molar-refractivity contribution in [3.8, 4) is 0 Å². The Morgan fingerprint density at radius 3 is 2.57 bits per heavy atom. The van der Waals surface area contributed by atoms with E-state index in [1.807, 2.05) is 6.92 Å². The molecule has 0 aromatic carbocycles. The van der Waals surface area contributed by atoms with Crippen LogP contribution in [0.5, 0.6) is 0 Å². The Morgan fingerprint density at radius 2 is 2.43 bits per heavy atom. The van der Waals surface area contributed by atoms with E-state index in [2.05, 4.69) is 10.3 Å². The lowest BCUT2D eigenvalue weighted by molar-refractivity contribution is 0.145. The molecule has 0 aliphatic carbocycles. The van der Waals surface area contributed by atoms with Gasteiger partial charge in [0.2, 0.25) is 0 Å². The van der Waals surface area contributed by atoms with Crippen molar-refractivity contribution in [2.45, 2.75) is 13.3 Å². The Labute approximate surface area is 48.8 Å². The van der Waals surface area contributed by atoms with Gasteiger partial charge >= 0.3 is 0 Å². The van der Waals surface area contributed by atoms with Crippen molar-refractivity contribution in [3.05, 3.63) is 0 Å². The maximum absolute atomic E-state index is 4.72.